The maximum atomic E-state index is 11.8. The van der Waals surface area contributed by atoms with Crippen molar-refractivity contribution in [3.05, 3.63) is 29.3 Å². The number of hydrogen-bond acceptors (Lipinski definition) is 7. The molecule has 0 bridgehead atoms. The molecule has 3 N–H and O–H groups in total. The van der Waals surface area contributed by atoms with E-state index in [2.05, 4.69) is 16.2 Å². The van der Waals surface area contributed by atoms with Crippen molar-refractivity contribution in [2.45, 2.75) is 26.7 Å². The van der Waals surface area contributed by atoms with E-state index in [4.69, 9.17) is 26.4 Å². The van der Waals surface area contributed by atoms with Crippen LogP contribution in [-0.2, 0) is 23.9 Å². The van der Waals surface area contributed by atoms with E-state index in [0.29, 0.717) is 12.4 Å². The van der Waals surface area contributed by atoms with Crippen molar-refractivity contribution in [3.8, 4) is 5.75 Å². The SMILES string of the molecule is COCCOC(=O)CCC(=O)NC(=S)NNC(=O)COc1ccc(C)cc1C. The van der Waals surface area contributed by atoms with Crippen molar-refractivity contribution < 1.29 is 28.6 Å². The Morgan fingerprint density at radius 3 is 2.46 bits per heavy atom. The van der Waals surface area contributed by atoms with Gasteiger partial charge in [-0.2, -0.15) is 0 Å². The number of amides is 2. The van der Waals surface area contributed by atoms with Crippen LogP contribution in [0.4, 0.5) is 0 Å². The molecule has 10 heteroatoms. The molecule has 9 nitrogen and oxygen atoms in total. The molecular weight excluding hydrogens is 386 g/mol. The minimum absolute atomic E-state index is 0.0890. The van der Waals surface area contributed by atoms with Crippen molar-refractivity contribution in [1.82, 2.24) is 16.2 Å². The van der Waals surface area contributed by atoms with Crippen molar-refractivity contribution in [2.24, 2.45) is 0 Å². The molecule has 2 amide bonds. The van der Waals surface area contributed by atoms with Gasteiger partial charge >= 0.3 is 5.97 Å². The number of esters is 1. The van der Waals surface area contributed by atoms with Gasteiger partial charge in [0, 0.05) is 13.5 Å². The van der Waals surface area contributed by atoms with Crippen LogP contribution in [-0.4, -0.2) is 49.8 Å². The van der Waals surface area contributed by atoms with E-state index in [1.165, 1.54) is 7.11 Å². The lowest BCUT2D eigenvalue weighted by molar-refractivity contribution is -0.146. The molecule has 0 atom stereocenters. The molecule has 0 saturated carbocycles. The van der Waals surface area contributed by atoms with E-state index in [-0.39, 0.29) is 31.2 Å². The molecule has 0 heterocycles. The van der Waals surface area contributed by atoms with Gasteiger partial charge in [-0.05, 0) is 37.7 Å². The van der Waals surface area contributed by atoms with Crippen LogP contribution in [0.15, 0.2) is 18.2 Å². The number of benzene rings is 1. The number of aryl methyl sites for hydroxylation is 2. The van der Waals surface area contributed by atoms with Crippen LogP contribution in [0.5, 0.6) is 5.75 Å². The second-order valence-electron chi connectivity index (χ2n) is 5.82. The van der Waals surface area contributed by atoms with Gasteiger partial charge in [0.1, 0.15) is 12.4 Å². The first-order valence-electron chi connectivity index (χ1n) is 8.55. The van der Waals surface area contributed by atoms with Gasteiger partial charge in [0.2, 0.25) is 5.91 Å². The molecule has 1 aromatic rings. The second kappa shape index (κ2) is 12.6. The first-order chi connectivity index (χ1) is 13.3. The smallest absolute Gasteiger partial charge is 0.306 e. The summed E-state index contributed by atoms with van der Waals surface area (Å²) < 4.78 is 15.0. The number of carbonyl (C=O) groups excluding carboxylic acids is 3. The molecule has 0 aromatic heterocycles. The van der Waals surface area contributed by atoms with Gasteiger partial charge in [-0.15, -0.1) is 0 Å². The Bertz CT molecular complexity index is 711. The standard InChI is InChI=1S/C18H25N3O6S/c1-12-4-5-14(13(2)10-12)27-11-16(23)20-21-18(28)19-15(22)6-7-17(24)26-9-8-25-3/h4-5,10H,6-9,11H2,1-3H3,(H,20,23)(H2,19,21,22,28). The number of hydrogen-bond donors (Lipinski definition) is 3. The Morgan fingerprint density at radius 1 is 1.04 bits per heavy atom. The molecule has 1 aromatic carbocycles. The number of hydrazine groups is 1. The summed E-state index contributed by atoms with van der Waals surface area (Å²) in [6.45, 7) is 4.05. The van der Waals surface area contributed by atoms with Crippen LogP contribution >= 0.6 is 12.2 Å². The number of ether oxygens (including phenoxy) is 3. The molecule has 0 aliphatic carbocycles. The fourth-order valence-electron chi connectivity index (χ4n) is 2.01. The quantitative estimate of drug-likeness (QED) is 0.235. The Labute approximate surface area is 169 Å². The lowest BCUT2D eigenvalue weighted by Gasteiger charge is -2.12. The molecule has 28 heavy (non-hydrogen) atoms. The first-order valence-corrected chi connectivity index (χ1v) is 8.96. The Balaban J connectivity index is 2.21. The van der Waals surface area contributed by atoms with Gasteiger partial charge in [0.15, 0.2) is 11.7 Å². The van der Waals surface area contributed by atoms with Crippen LogP contribution in [0.2, 0.25) is 0 Å². The number of nitrogens with one attached hydrogen (secondary N) is 3. The zero-order chi connectivity index (χ0) is 20.9. The summed E-state index contributed by atoms with van der Waals surface area (Å²) in [6.07, 6.45) is -0.189. The van der Waals surface area contributed by atoms with Crippen molar-refractivity contribution >= 4 is 35.1 Å². The number of methoxy groups -OCH3 is 1. The van der Waals surface area contributed by atoms with E-state index >= 15 is 0 Å². The largest absolute Gasteiger partial charge is 0.483 e. The van der Waals surface area contributed by atoms with Crippen LogP contribution in [0.3, 0.4) is 0 Å². The number of thiocarbonyl (C=S) groups is 1. The average Bonchev–Trinajstić information content (AvgIpc) is 2.64. The topological polar surface area (TPSA) is 115 Å². The van der Waals surface area contributed by atoms with E-state index in [0.717, 1.165) is 11.1 Å². The summed E-state index contributed by atoms with van der Waals surface area (Å²) in [6, 6.07) is 5.62. The Hall–Kier alpha value is -2.72. The molecule has 0 saturated heterocycles. The fraction of sp³-hybridized carbons (Fsp3) is 0.444. The number of carbonyl (C=O) groups is 3. The third kappa shape index (κ3) is 9.83. The summed E-state index contributed by atoms with van der Waals surface area (Å²) in [5.41, 5.74) is 6.72. The van der Waals surface area contributed by atoms with Crippen molar-refractivity contribution in [1.29, 1.82) is 0 Å². The first kappa shape index (κ1) is 23.3. The summed E-state index contributed by atoms with van der Waals surface area (Å²) in [4.78, 5) is 34.9. The monoisotopic (exact) mass is 411 g/mol. The van der Waals surface area contributed by atoms with Gasteiger partial charge in [0.05, 0.1) is 13.0 Å². The van der Waals surface area contributed by atoms with E-state index < -0.39 is 17.8 Å². The van der Waals surface area contributed by atoms with Crippen LogP contribution in [0, 0.1) is 13.8 Å². The van der Waals surface area contributed by atoms with Crippen molar-refractivity contribution in [2.75, 3.05) is 26.9 Å². The predicted octanol–water partition coefficient (Wildman–Crippen LogP) is 0.674. The van der Waals surface area contributed by atoms with Crippen LogP contribution < -0.4 is 20.9 Å². The maximum absolute atomic E-state index is 11.8. The average molecular weight is 411 g/mol. The summed E-state index contributed by atoms with van der Waals surface area (Å²) in [5, 5.41) is 2.24. The molecular formula is C18H25N3O6S. The summed E-state index contributed by atoms with van der Waals surface area (Å²) in [7, 11) is 1.49. The zero-order valence-corrected chi connectivity index (χ0v) is 16.9. The second-order valence-corrected chi connectivity index (χ2v) is 6.23. The minimum Gasteiger partial charge on any atom is -0.483 e. The van der Waals surface area contributed by atoms with Gasteiger partial charge in [-0.3, -0.25) is 25.2 Å². The van der Waals surface area contributed by atoms with E-state index in [1.807, 2.05) is 26.0 Å². The summed E-state index contributed by atoms with van der Waals surface area (Å²) in [5.74, 6) is -0.864. The van der Waals surface area contributed by atoms with E-state index in [9.17, 15) is 14.4 Å². The highest BCUT2D eigenvalue weighted by Crippen LogP contribution is 2.18. The fourth-order valence-corrected chi connectivity index (χ4v) is 2.18. The Kier molecular flexibility index (Phi) is 10.5. The minimum atomic E-state index is -0.511. The summed E-state index contributed by atoms with van der Waals surface area (Å²) >= 11 is 4.90. The van der Waals surface area contributed by atoms with E-state index in [1.54, 1.807) is 6.07 Å². The zero-order valence-electron chi connectivity index (χ0n) is 16.1. The van der Waals surface area contributed by atoms with Crippen molar-refractivity contribution in [3.63, 3.8) is 0 Å². The highest BCUT2D eigenvalue weighted by atomic mass is 32.1. The molecule has 0 fully saturated rings. The highest BCUT2D eigenvalue weighted by Gasteiger charge is 2.10. The normalized spacial score (nSPS) is 9.96. The Morgan fingerprint density at radius 2 is 1.79 bits per heavy atom. The van der Waals surface area contributed by atoms with Gasteiger partial charge in [0.25, 0.3) is 5.91 Å². The van der Waals surface area contributed by atoms with Gasteiger partial charge in [-0.25, -0.2) is 0 Å². The number of rotatable bonds is 9. The molecule has 0 radical (unpaired) electrons. The molecule has 0 aliphatic heterocycles. The highest BCUT2D eigenvalue weighted by molar-refractivity contribution is 7.80. The van der Waals surface area contributed by atoms with Gasteiger partial charge in [-0.1, -0.05) is 17.7 Å². The lowest BCUT2D eigenvalue weighted by atomic mass is 10.1. The predicted molar refractivity (Wildman–Crippen MR) is 105 cm³/mol. The van der Waals surface area contributed by atoms with Gasteiger partial charge < -0.3 is 19.5 Å². The molecule has 1 rings (SSSR count). The van der Waals surface area contributed by atoms with Crippen LogP contribution in [0.25, 0.3) is 0 Å². The third-order valence-corrected chi connectivity index (χ3v) is 3.57. The molecule has 154 valence electrons. The lowest BCUT2D eigenvalue weighted by Crippen LogP contribution is -2.49. The maximum Gasteiger partial charge on any atom is 0.306 e. The molecule has 0 unspecified atom stereocenters. The van der Waals surface area contributed by atoms with Crippen LogP contribution in [0.1, 0.15) is 24.0 Å². The molecule has 0 aliphatic rings. The third-order valence-electron chi connectivity index (χ3n) is 3.36. The molecule has 0 spiro atoms.